The van der Waals surface area contributed by atoms with Gasteiger partial charge in [0.05, 0.1) is 12.1 Å². The molecule has 2 saturated carbocycles. The van der Waals surface area contributed by atoms with Crippen LogP contribution in [0.5, 0.6) is 0 Å². The van der Waals surface area contributed by atoms with Gasteiger partial charge in [-0.1, -0.05) is 54.4 Å². The van der Waals surface area contributed by atoms with E-state index < -0.39 is 0 Å². The lowest BCUT2D eigenvalue weighted by atomic mass is 9.77. The molecule has 0 aromatic carbocycles. The van der Waals surface area contributed by atoms with Crippen molar-refractivity contribution in [2.45, 2.75) is 92.2 Å². The Bertz CT molecular complexity index is 584. The van der Waals surface area contributed by atoms with E-state index in [0.717, 1.165) is 25.0 Å². The lowest BCUT2D eigenvalue weighted by molar-refractivity contribution is 0.199. The molecule has 28 heavy (non-hydrogen) atoms. The van der Waals surface area contributed by atoms with Crippen molar-refractivity contribution in [3.05, 3.63) is 0 Å². The van der Waals surface area contributed by atoms with Gasteiger partial charge in [-0.25, -0.2) is 9.98 Å². The molecule has 0 saturated heterocycles. The van der Waals surface area contributed by atoms with E-state index >= 15 is 0 Å². The van der Waals surface area contributed by atoms with Crippen LogP contribution in [0.15, 0.2) is 9.98 Å². The number of hydrogen-bond acceptors (Lipinski definition) is 4. The summed E-state index contributed by atoms with van der Waals surface area (Å²) in [6.45, 7) is 15.2. The van der Waals surface area contributed by atoms with E-state index in [-0.39, 0.29) is 10.8 Å². The first-order valence-corrected chi connectivity index (χ1v) is 11.6. The first-order valence-electron chi connectivity index (χ1n) is 11.6. The maximum atomic E-state index is 6.18. The largest absolute Gasteiger partial charge is 0.478 e. The lowest BCUT2D eigenvalue weighted by Gasteiger charge is -2.29. The minimum absolute atomic E-state index is 0.181. The van der Waals surface area contributed by atoms with Crippen LogP contribution < -0.4 is 0 Å². The summed E-state index contributed by atoms with van der Waals surface area (Å²) in [5.74, 6) is 4.52. The summed E-state index contributed by atoms with van der Waals surface area (Å²) >= 11 is 0. The third-order valence-electron chi connectivity index (χ3n) is 7.67. The van der Waals surface area contributed by atoms with Crippen molar-refractivity contribution < 1.29 is 9.47 Å². The van der Waals surface area contributed by atoms with Crippen LogP contribution in [0.25, 0.3) is 0 Å². The Labute approximate surface area is 171 Å². The fourth-order valence-electron chi connectivity index (χ4n) is 5.69. The van der Waals surface area contributed by atoms with Crippen LogP contribution in [0.1, 0.15) is 80.1 Å². The van der Waals surface area contributed by atoms with E-state index in [0.29, 0.717) is 35.8 Å². The molecule has 0 bridgehead atoms. The molecule has 158 valence electrons. The van der Waals surface area contributed by atoms with Gasteiger partial charge in [0, 0.05) is 11.8 Å². The molecule has 2 aliphatic heterocycles. The van der Waals surface area contributed by atoms with Gasteiger partial charge in [0.15, 0.2) is 11.8 Å². The number of rotatable bonds is 3. The Morgan fingerprint density at radius 3 is 1.36 bits per heavy atom. The minimum Gasteiger partial charge on any atom is -0.478 e. The van der Waals surface area contributed by atoms with Crippen LogP contribution in [0, 0.1) is 34.5 Å². The van der Waals surface area contributed by atoms with Crippen molar-refractivity contribution in [1.29, 1.82) is 0 Å². The molecule has 0 radical (unpaired) electrons. The van der Waals surface area contributed by atoms with E-state index in [4.69, 9.17) is 19.5 Å². The maximum absolute atomic E-state index is 6.18. The fourth-order valence-corrected chi connectivity index (χ4v) is 5.69. The Hall–Kier alpha value is -1.06. The average molecular weight is 389 g/mol. The van der Waals surface area contributed by atoms with E-state index in [1.165, 1.54) is 38.5 Å². The molecule has 4 aliphatic rings. The Morgan fingerprint density at radius 1 is 0.643 bits per heavy atom. The molecule has 2 heterocycles. The van der Waals surface area contributed by atoms with Gasteiger partial charge in [-0.05, 0) is 48.3 Å². The van der Waals surface area contributed by atoms with Crippen LogP contribution in [-0.4, -0.2) is 37.1 Å². The van der Waals surface area contributed by atoms with E-state index in [9.17, 15) is 0 Å². The second kappa shape index (κ2) is 7.32. The first-order chi connectivity index (χ1) is 13.1. The summed E-state index contributed by atoms with van der Waals surface area (Å²) in [5, 5.41) is 0. The third kappa shape index (κ3) is 3.85. The summed E-state index contributed by atoms with van der Waals surface area (Å²) in [7, 11) is 0. The summed E-state index contributed by atoms with van der Waals surface area (Å²) in [6, 6.07) is 0.608. The molecular formula is C24H40N2O2. The second-order valence-corrected chi connectivity index (χ2v) is 11.7. The Balaban J connectivity index is 1.50. The molecule has 0 spiro atoms. The van der Waals surface area contributed by atoms with Crippen LogP contribution in [0.4, 0.5) is 0 Å². The van der Waals surface area contributed by atoms with Crippen molar-refractivity contribution in [3.8, 4) is 0 Å². The summed E-state index contributed by atoms with van der Waals surface area (Å²) < 4.78 is 12.4. The molecule has 4 heteroatoms. The average Bonchev–Trinajstić information content (AvgIpc) is 3.37. The van der Waals surface area contributed by atoms with Gasteiger partial charge < -0.3 is 9.47 Å². The van der Waals surface area contributed by atoms with Crippen molar-refractivity contribution in [1.82, 2.24) is 0 Å². The highest BCUT2D eigenvalue weighted by Crippen LogP contribution is 2.49. The standard InChI is InChI=1S/C24H40N2O2/c1-23(2,3)19-13-27-21(25-19)17-11-7-9-15(17)16-10-8-12-18(16)22-26-20(14-28-22)24(4,5)6/h15-20H,7-14H2,1-6H3/t15?,16?,17?,18?,19-,20-/m1/s1. The van der Waals surface area contributed by atoms with Crippen LogP contribution in [-0.2, 0) is 9.47 Å². The maximum Gasteiger partial charge on any atom is 0.187 e. The van der Waals surface area contributed by atoms with Gasteiger partial charge in [-0.3, -0.25) is 0 Å². The molecule has 4 rings (SSSR count). The molecule has 2 fully saturated rings. The van der Waals surface area contributed by atoms with Gasteiger partial charge in [-0.15, -0.1) is 0 Å². The van der Waals surface area contributed by atoms with E-state index in [2.05, 4.69) is 41.5 Å². The zero-order valence-electron chi connectivity index (χ0n) is 18.8. The summed E-state index contributed by atoms with van der Waals surface area (Å²) in [4.78, 5) is 10.1. The second-order valence-electron chi connectivity index (χ2n) is 11.7. The third-order valence-corrected chi connectivity index (χ3v) is 7.67. The molecule has 2 aliphatic carbocycles. The highest BCUT2D eigenvalue weighted by Gasteiger charge is 2.47. The molecule has 4 unspecified atom stereocenters. The van der Waals surface area contributed by atoms with Crippen molar-refractivity contribution in [2.75, 3.05) is 13.2 Å². The highest BCUT2D eigenvalue weighted by atomic mass is 16.5. The van der Waals surface area contributed by atoms with Gasteiger partial charge in [0.2, 0.25) is 0 Å². The SMILES string of the molecule is CC(C)(C)[C@H]1COC(C2CCCC2C2CCCC2C2=N[C@@H](C(C)(C)C)CO2)=N1. The quantitative estimate of drug-likeness (QED) is 0.640. The zero-order valence-corrected chi connectivity index (χ0v) is 18.8. The highest BCUT2D eigenvalue weighted by molar-refractivity contribution is 5.82. The van der Waals surface area contributed by atoms with Gasteiger partial charge in [-0.2, -0.15) is 0 Å². The predicted octanol–water partition coefficient (Wildman–Crippen LogP) is 5.51. The molecule has 0 aromatic heterocycles. The monoisotopic (exact) mass is 388 g/mol. The number of ether oxygens (including phenoxy) is 2. The minimum atomic E-state index is 0.181. The van der Waals surface area contributed by atoms with Crippen LogP contribution >= 0.6 is 0 Å². The molecular weight excluding hydrogens is 348 g/mol. The van der Waals surface area contributed by atoms with Gasteiger partial charge in [0.25, 0.3) is 0 Å². The number of aliphatic imine (C=N–C) groups is 2. The van der Waals surface area contributed by atoms with Gasteiger partial charge in [0.1, 0.15) is 13.2 Å². The van der Waals surface area contributed by atoms with Gasteiger partial charge >= 0.3 is 0 Å². The molecule has 0 amide bonds. The van der Waals surface area contributed by atoms with E-state index in [1.807, 2.05) is 0 Å². The zero-order chi connectivity index (χ0) is 20.1. The molecule has 0 N–H and O–H groups in total. The van der Waals surface area contributed by atoms with Crippen LogP contribution in [0.2, 0.25) is 0 Å². The molecule has 4 nitrogen and oxygen atoms in total. The van der Waals surface area contributed by atoms with E-state index in [1.54, 1.807) is 0 Å². The van der Waals surface area contributed by atoms with Crippen molar-refractivity contribution in [2.24, 2.45) is 44.5 Å². The normalized spacial score (nSPS) is 38.9. The number of nitrogens with zero attached hydrogens (tertiary/aromatic N) is 2. The summed E-state index contributed by atoms with van der Waals surface area (Å²) in [6.07, 6.45) is 7.70. The first kappa shape index (κ1) is 20.2. The van der Waals surface area contributed by atoms with Crippen LogP contribution in [0.3, 0.4) is 0 Å². The predicted molar refractivity (Wildman–Crippen MR) is 115 cm³/mol. The Morgan fingerprint density at radius 2 is 1.04 bits per heavy atom. The topological polar surface area (TPSA) is 43.2 Å². The molecule has 6 atom stereocenters. The number of hydrogen-bond donors (Lipinski definition) is 0. The van der Waals surface area contributed by atoms with Crippen molar-refractivity contribution >= 4 is 11.8 Å². The smallest absolute Gasteiger partial charge is 0.187 e. The summed E-state index contributed by atoms with van der Waals surface area (Å²) in [5.41, 5.74) is 0.361. The molecule has 0 aromatic rings. The Kier molecular flexibility index (Phi) is 5.29. The van der Waals surface area contributed by atoms with Crippen molar-refractivity contribution in [3.63, 3.8) is 0 Å². The fraction of sp³-hybridized carbons (Fsp3) is 0.917. The lowest BCUT2D eigenvalue weighted by Crippen LogP contribution is -2.31.